The van der Waals surface area contributed by atoms with Gasteiger partial charge in [0.15, 0.2) is 5.82 Å². The molecule has 2 heterocycles. The molecule has 0 aliphatic rings. The zero-order valence-corrected chi connectivity index (χ0v) is 15.1. The molecule has 2 aromatic carbocycles. The Balaban J connectivity index is 1.82. The molecule has 2 aromatic heterocycles. The van der Waals surface area contributed by atoms with Crippen molar-refractivity contribution in [2.24, 2.45) is 0 Å². The standard InChI is InChI=1S/C22H20N4O/c1-23-22-19-13-17(16-5-2-4-15(12-16)9-11-27)7-8-20(19)25-21(26-22)18-6-3-10-24-14-18/h2-8,10,12-14,27H,9,11H2,1H3,(H,23,25,26). The molecule has 0 fully saturated rings. The van der Waals surface area contributed by atoms with Crippen LogP contribution in [0.25, 0.3) is 33.4 Å². The molecule has 5 nitrogen and oxygen atoms in total. The molecule has 0 saturated heterocycles. The van der Waals surface area contributed by atoms with Crippen LogP contribution in [-0.2, 0) is 6.42 Å². The predicted molar refractivity (Wildman–Crippen MR) is 109 cm³/mol. The third-order valence-corrected chi connectivity index (χ3v) is 4.51. The Hall–Kier alpha value is -3.31. The van der Waals surface area contributed by atoms with E-state index in [0.29, 0.717) is 12.2 Å². The van der Waals surface area contributed by atoms with Crippen LogP contribution in [-0.4, -0.2) is 33.7 Å². The van der Waals surface area contributed by atoms with Crippen LogP contribution in [0.5, 0.6) is 0 Å². The molecular formula is C22H20N4O. The van der Waals surface area contributed by atoms with Gasteiger partial charge in [0, 0.05) is 37.0 Å². The van der Waals surface area contributed by atoms with Crippen molar-refractivity contribution in [3.8, 4) is 22.5 Å². The second-order valence-corrected chi connectivity index (χ2v) is 6.29. The zero-order valence-electron chi connectivity index (χ0n) is 15.1. The van der Waals surface area contributed by atoms with Gasteiger partial charge in [0.2, 0.25) is 0 Å². The van der Waals surface area contributed by atoms with Gasteiger partial charge in [-0.3, -0.25) is 4.98 Å². The highest BCUT2D eigenvalue weighted by Crippen LogP contribution is 2.29. The SMILES string of the molecule is CNc1nc(-c2cccnc2)nc2ccc(-c3cccc(CCO)c3)cc12. The van der Waals surface area contributed by atoms with Crippen LogP contribution in [0.1, 0.15) is 5.56 Å². The number of aromatic nitrogens is 3. The van der Waals surface area contributed by atoms with Gasteiger partial charge in [-0.15, -0.1) is 0 Å². The number of pyridine rings is 1. The Labute approximate surface area is 157 Å². The molecule has 0 spiro atoms. The van der Waals surface area contributed by atoms with Crippen molar-refractivity contribution in [3.05, 3.63) is 72.6 Å². The van der Waals surface area contributed by atoms with E-state index in [9.17, 15) is 5.11 Å². The number of nitrogens with one attached hydrogen (secondary N) is 1. The predicted octanol–water partition coefficient (Wildman–Crippen LogP) is 3.94. The van der Waals surface area contributed by atoms with Crippen molar-refractivity contribution in [2.75, 3.05) is 19.0 Å². The van der Waals surface area contributed by atoms with Crippen LogP contribution in [0.2, 0.25) is 0 Å². The summed E-state index contributed by atoms with van der Waals surface area (Å²) < 4.78 is 0. The summed E-state index contributed by atoms with van der Waals surface area (Å²) in [4.78, 5) is 13.5. The smallest absolute Gasteiger partial charge is 0.163 e. The maximum atomic E-state index is 9.18. The number of hydrogen-bond acceptors (Lipinski definition) is 5. The van der Waals surface area contributed by atoms with E-state index in [1.54, 1.807) is 12.4 Å². The van der Waals surface area contributed by atoms with Crippen LogP contribution in [0.4, 0.5) is 5.82 Å². The largest absolute Gasteiger partial charge is 0.396 e. The molecule has 0 atom stereocenters. The third kappa shape index (κ3) is 3.50. The maximum absolute atomic E-state index is 9.18. The van der Waals surface area contributed by atoms with E-state index in [2.05, 4.69) is 39.6 Å². The quantitative estimate of drug-likeness (QED) is 0.567. The summed E-state index contributed by atoms with van der Waals surface area (Å²) in [7, 11) is 1.86. The molecule has 2 N–H and O–H groups in total. The van der Waals surface area contributed by atoms with E-state index in [1.807, 2.05) is 37.4 Å². The zero-order chi connectivity index (χ0) is 18.6. The Morgan fingerprint density at radius 1 is 0.926 bits per heavy atom. The lowest BCUT2D eigenvalue weighted by atomic mass is 10.0. The van der Waals surface area contributed by atoms with Crippen LogP contribution >= 0.6 is 0 Å². The van der Waals surface area contributed by atoms with Crippen molar-refractivity contribution < 1.29 is 5.11 Å². The monoisotopic (exact) mass is 356 g/mol. The highest BCUT2D eigenvalue weighted by atomic mass is 16.2. The fourth-order valence-electron chi connectivity index (χ4n) is 3.16. The first-order valence-electron chi connectivity index (χ1n) is 8.88. The van der Waals surface area contributed by atoms with E-state index in [0.717, 1.165) is 39.0 Å². The maximum Gasteiger partial charge on any atom is 0.163 e. The van der Waals surface area contributed by atoms with Gasteiger partial charge in [0.1, 0.15) is 5.82 Å². The molecule has 0 aliphatic carbocycles. The Morgan fingerprint density at radius 2 is 1.78 bits per heavy atom. The summed E-state index contributed by atoms with van der Waals surface area (Å²) in [6.07, 6.45) is 4.16. The van der Waals surface area contributed by atoms with Gasteiger partial charge in [0.05, 0.1) is 5.52 Å². The number of fused-ring (bicyclic) bond motifs is 1. The lowest BCUT2D eigenvalue weighted by Gasteiger charge is -2.11. The number of rotatable bonds is 5. The van der Waals surface area contributed by atoms with Crippen molar-refractivity contribution in [3.63, 3.8) is 0 Å². The third-order valence-electron chi connectivity index (χ3n) is 4.51. The summed E-state index contributed by atoms with van der Waals surface area (Å²) >= 11 is 0. The molecule has 0 aliphatic heterocycles. The topological polar surface area (TPSA) is 70.9 Å². The molecule has 0 saturated carbocycles. The highest BCUT2D eigenvalue weighted by molar-refractivity contribution is 5.93. The first kappa shape index (κ1) is 17.1. The van der Waals surface area contributed by atoms with E-state index in [4.69, 9.17) is 4.98 Å². The Bertz CT molecular complexity index is 1080. The fourth-order valence-corrected chi connectivity index (χ4v) is 3.16. The molecule has 0 bridgehead atoms. The lowest BCUT2D eigenvalue weighted by Crippen LogP contribution is -1.99. The summed E-state index contributed by atoms with van der Waals surface area (Å²) in [5.41, 5.74) is 5.09. The van der Waals surface area contributed by atoms with Gasteiger partial charge in [-0.1, -0.05) is 30.3 Å². The first-order chi connectivity index (χ1) is 13.3. The van der Waals surface area contributed by atoms with Gasteiger partial charge < -0.3 is 10.4 Å². The second kappa shape index (κ2) is 7.51. The van der Waals surface area contributed by atoms with Crippen LogP contribution in [0.3, 0.4) is 0 Å². The van der Waals surface area contributed by atoms with Crippen molar-refractivity contribution in [1.82, 2.24) is 15.0 Å². The molecular weight excluding hydrogens is 336 g/mol. The second-order valence-electron chi connectivity index (χ2n) is 6.29. The van der Waals surface area contributed by atoms with Crippen LogP contribution in [0.15, 0.2) is 67.0 Å². The normalized spacial score (nSPS) is 10.9. The fraction of sp³-hybridized carbons (Fsp3) is 0.136. The minimum Gasteiger partial charge on any atom is -0.396 e. The average Bonchev–Trinajstić information content (AvgIpc) is 2.73. The van der Waals surface area contributed by atoms with Crippen molar-refractivity contribution in [1.29, 1.82) is 0 Å². The van der Waals surface area contributed by atoms with Gasteiger partial charge >= 0.3 is 0 Å². The van der Waals surface area contributed by atoms with Gasteiger partial charge in [-0.25, -0.2) is 9.97 Å². The molecule has 0 unspecified atom stereocenters. The number of aliphatic hydroxyl groups excluding tert-OH is 1. The molecule has 134 valence electrons. The van der Waals surface area contributed by atoms with E-state index >= 15 is 0 Å². The highest BCUT2D eigenvalue weighted by Gasteiger charge is 2.10. The minimum absolute atomic E-state index is 0.149. The first-order valence-corrected chi connectivity index (χ1v) is 8.88. The van der Waals surface area contributed by atoms with Crippen LogP contribution in [0, 0.1) is 0 Å². The van der Waals surface area contributed by atoms with Crippen LogP contribution < -0.4 is 5.32 Å². The Morgan fingerprint density at radius 3 is 2.56 bits per heavy atom. The van der Waals surface area contributed by atoms with Gasteiger partial charge in [0.25, 0.3) is 0 Å². The number of nitrogens with zero attached hydrogens (tertiary/aromatic N) is 3. The summed E-state index contributed by atoms with van der Waals surface area (Å²) in [5, 5.41) is 13.3. The lowest BCUT2D eigenvalue weighted by molar-refractivity contribution is 0.299. The number of aliphatic hydroxyl groups is 1. The summed E-state index contributed by atoms with van der Waals surface area (Å²) in [6, 6.07) is 18.3. The van der Waals surface area contributed by atoms with Gasteiger partial charge in [-0.2, -0.15) is 0 Å². The molecule has 0 amide bonds. The van der Waals surface area contributed by atoms with E-state index in [-0.39, 0.29) is 6.61 Å². The molecule has 4 aromatic rings. The van der Waals surface area contributed by atoms with Crippen molar-refractivity contribution in [2.45, 2.75) is 6.42 Å². The summed E-state index contributed by atoms with van der Waals surface area (Å²) in [5.74, 6) is 1.44. The average molecular weight is 356 g/mol. The molecule has 0 radical (unpaired) electrons. The summed E-state index contributed by atoms with van der Waals surface area (Å²) in [6.45, 7) is 0.149. The van der Waals surface area contributed by atoms with E-state index < -0.39 is 0 Å². The van der Waals surface area contributed by atoms with E-state index in [1.165, 1.54) is 0 Å². The number of benzene rings is 2. The number of anilines is 1. The molecule has 4 rings (SSSR count). The van der Waals surface area contributed by atoms with Gasteiger partial charge in [-0.05, 0) is 47.4 Å². The number of hydrogen-bond donors (Lipinski definition) is 2. The Kier molecular flexibility index (Phi) is 4.77. The molecule has 5 heteroatoms. The molecule has 27 heavy (non-hydrogen) atoms. The van der Waals surface area contributed by atoms with Crippen molar-refractivity contribution >= 4 is 16.7 Å². The minimum atomic E-state index is 0.149.